The number of carbonyl (C=O) groups is 2. The summed E-state index contributed by atoms with van der Waals surface area (Å²) in [6, 6.07) is 6.91. The number of amides is 1. The molecule has 7 nitrogen and oxygen atoms in total. The van der Waals surface area contributed by atoms with Gasteiger partial charge in [0, 0.05) is 23.8 Å². The summed E-state index contributed by atoms with van der Waals surface area (Å²) in [4.78, 5) is 34.6. The fraction of sp³-hybridized carbons (Fsp3) is 0.458. The minimum absolute atomic E-state index is 0.0834. The normalized spacial score (nSPS) is 18.2. The predicted molar refractivity (Wildman–Crippen MR) is 134 cm³/mol. The summed E-state index contributed by atoms with van der Waals surface area (Å²) in [7, 11) is 3.92. The lowest BCUT2D eigenvalue weighted by Gasteiger charge is -2.37. The Kier molecular flexibility index (Phi) is 7.92. The first-order valence-corrected chi connectivity index (χ1v) is 12.1. The number of hydrogen-bond acceptors (Lipinski definition) is 7. The Labute approximate surface area is 204 Å². The number of aliphatic imine (C=N–C) groups is 1. The van der Waals surface area contributed by atoms with Crippen LogP contribution >= 0.6 is 23.4 Å². The lowest BCUT2D eigenvalue weighted by atomic mass is 9.93. The highest BCUT2D eigenvalue weighted by molar-refractivity contribution is 8.16. The van der Waals surface area contributed by atoms with Crippen LogP contribution in [-0.4, -0.2) is 59.6 Å². The van der Waals surface area contributed by atoms with Crippen LogP contribution in [0.3, 0.4) is 0 Å². The van der Waals surface area contributed by atoms with Crippen molar-refractivity contribution in [1.29, 1.82) is 0 Å². The van der Waals surface area contributed by atoms with Crippen molar-refractivity contribution in [3.05, 3.63) is 57.2 Å². The van der Waals surface area contributed by atoms with Gasteiger partial charge in [-0.3, -0.25) is 4.79 Å². The molecular formula is C24H31ClN4O3S. The number of ether oxygens (including phenoxy) is 1. The van der Waals surface area contributed by atoms with Gasteiger partial charge < -0.3 is 19.9 Å². The van der Waals surface area contributed by atoms with Crippen molar-refractivity contribution in [3.63, 3.8) is 0 Å². The molecule has 1 atom stereocenters. The molecule has 178 valence electrons. The molecule has 0 fully saturated rings. The number of halogens is 1. The van der Waals surface area contributed by atoms with E-state index < -0.39 is 17.6 Å². The quantitative estimate of drug-likeness (QED) is 0.573. The van der Waals surface area contributed by atoms with Gasteiger partial charge in [-0.1, -0.05) is 35.5 Å². The van der Waals surface area contributed by atoms with Gasteiger partial charge in [0.1, 0.15) is 5.60 Å². The predicted octanol–water partition coefficient (Wildman–Crippen LogP) is 4.32. The Morgan fingerprint density at radius 3 is 2.67 bits per heavy atom. The number of esters is 1. The van der Waals surface area contributed by atoms with E-state index in [-0.39, 0.29) is 12.3 Å². The molecule has 0 spiro atoms. The van der Waals surface area contributed by atoms with E-state index in [1.54, 1.807) is 6.07 Å². The van der Waals surface area contributed by atoms with Gasteiger partial charge in [-0.2, -0.15) is 0 Å². The van der Waals surface area contributed by atoms with Crippen LogP contribution in [0.5, 0.6) is 0 Å². The Hall–Kier alpha value is -2.29. The van der Waals surface area contributed by atoms with Gasteiger partial charge >= 0.3 is 5.97 Å². The Morgan fingerprint density at radius 2 is 2.03 bits per heavy atom. The zero-order valence-corrected chi connectivity index (χ0v) is 21.5. The van der Waals surface area contributed by atoms with E-state index >= 15 is 0 Å². The molecule has 1 aromatic carbocycles. The van der Waals surface area contributed by atoms with Crippen LogP contribution in [0.15, 0.2) is 51.6 Å². The molecule has 1 N–H and O–H groups in total. The van der Waals surface area contributed by atoms with Gasteiger partial charge in [-0.15, -0.1) is 0 Å². The lowest BCUT2D eigenvalue weighted by Crippen LogP contribution is -2.39. The number of nitrogens with zero attached hydrogens (tertiary/aromatic N) is 3. The smallest absolute Gasteiger partial charge is 0.338 e. The molecule has 0 bridgehead atoms. The number of hydrogen-bond donors (Lipinski definition) is 1. The molecule has 0 aromatic heterocycles. The Balaban J connectivity index is 1.95. The SMILES string of the molecule is CC1=C(C(=O)OC(C)(C)C)C(c2cccc(Cl)c2)N2C(CC(=O)NCCN(C)C)=CSC2=N1. The lowest BCUT2D eigenvalue weighted by molar-refractivity contribution is -0.150. The summed E-state index contributed by atoms with van der Waals surface area (Å²) in [5.41, 5.74) is 1.99. The van der Waals surface area contributed by atoms with E-state index in [0.29, 0.717) is 22.8 Å². The molecule has 1 aromatic rings. The number of amidine groups is 1. The van der Waals surface area contributed by atoms with Crippen LogP contribution < -0.4 is 5.32 Å². The molecule has 1 unspecified atom stereocenters. The zero-order chi connectivity index (χ0) is 24.3. The fourth-order valence-corrected chi connectivity index (χ4v) is 4.76. The maximum atomic E-state index is 13.3. The number of fused-ring (bicyclic) bond motifs is 1. The molecular weight excluding hydrogens is 460 g/mol. The highest BCUT2D eigenvalue weighted by atomic mass is 35.5. The summed E-state index contributed by atoms with van der Waals surface area (Å²) in [5, 5.41) is 6.17. The standard InChI is InChI=1S/C24H31ClN4O3S/c1-15-20(22(31)32-24(2,3)4)21(16-8-7-9-17(25)12-16)29-18(14-33-23(29)27-15)13-19(30)26-10-11-28(5)6/h7-9,12,14,21H,10-11,13H2,1-6H3,(H,26,30). The van der Waals surface area contributed by atoms with Crippen molar-refractivity contribution in [2.45, 2.75) is 45.8 Å². The Morgan fingerprint density at radius 1 is 1.30 bits per heavy atom. The molecule has 2 aliphatic rings. The average molecular weight is 491 g/mol. The average Bonchev–Trinajstić information content (AvgIpc) is 3.07. The third-order valence-corrected chi connectivity index (χ3v) is 6.13. The summed E-state index contributed by atoms with van der Waals surface area (Å²) < 4.78 is 5.73. The summed E-state index contributed by atoms with van der Waals surface area (Å²) >= 11 is 7.76. The number of allylic oxidation sites excluding steroid dienone is 1. The third kappa shape index (κ3) is 6.40. The maximum Gasteiger partial charge on any atom is 0.338 e. The second kappa shape index (κ2) is 10.3. The monoisotopic (exact) mass is 490 g/mol. The number of rotatable bonds is 7. The van der Waals surface area contributed by atoms with E-state index in [4.69, 9.17) is 16.3 Å². The number of carbonyl (C=O) groups excluding carboxylic acids is 2. The van der Waals surface area contributed by atoms with Gasteiger partial charge in [-0.25, -0.2) is 9.79 Å². The van der Waals surface area contributed by atoms with Crippen LogP contribution in [-0.2, 0) is 14.3 Å². The van der Waals surface area contributed by atoms with Crippen LogP contribution in [0.25, 0.3) is 0 Å². The van der Waals surface area contributed by atoms with Gasteiger partial charge in [0.15, 0.2) is 5.17 Å². The van der Waals surface area contributed by atoms with Crippen LogP contribution in [0.2, 0.25) is 5.02 Å². The topological polar surface area (TPSA) is 74.2 Å². The minimum atomic E-state index is -0.655. The van der Waals surface area contributed by atoms with Crippen molar-refractivity contribution in [2.75, 3.05) is 27.2 Å². The molecule has 3 rings (SSSR count). The zero-order valence-electron chi connectivity index (χ0n) is 19.9. The van der Waals surface area contributed by atoms with E-state index in [1.807, 2.05) is 75.2 Å². The van der Waals surface area contributed by atoms with E-state index in [2.05, 4.69) is 10.3 Å². The van der Waals surface area contributed by atoms with Crippen molar-refractivity contribution >= 4 is 40.4 Å². The molecule has 2 aliphatic heterocycles. The third-order valence-electron chi connectivity index (χ3n) is 5.01. The molecule has 0 saturated heterocycles. The summed E-state index contributed by atoms with van der Waals surface area (Å²) in [5.74, 6) is -0.514. The van der Waals surface area contributed by atoms with Gasteiger partial charge in [-0.05, 0) is 64.9 Å². The first-order chi connectivity index (χ1) is 15.5. The van der Waals surface area contributed by atoms with Crippen molar-refractivity contribution < 1.29 is 14.3 Å². The second-order valence-electron chi connectivity index (χ2n) is 9.28. The Bertz CT molecular complexity index is 1030. The number of thioether (sulfide) groups is 1. The minimum Gasteiger partial charge on any atom is -0.456 e. The fourth-order valence-electron chi connectivity index (χ4n) is 3.60. The first-order valence-electron chi connectivity index (χ1n) is 10.8. The summed E-state index contributed by atoms with van der Waals surface area (Å²) in [6.07, 6.45) is 0.178. The van der Waals surface area contributed by atoms with E-state index in [9.17, 15) is 9.59 Å². The maximum absolute atomic E-state index is 13.3. The van der Waals surface area contributed by atoms with Crippen molar-refractivity contribution in [2.24, 2.45) is 4.99 Å². The first kappa shape index (κ1) is 25.3. The second-order valence-corrected chi connectivity index (χ2v) is 10.6. The molecule has 33 heavy (non-hydrogen) atoms. The molecule has 9 heteroatoms. The van der Waals surface area contributed by atoms with Crippen molar-refractivity contribution in [1.82, 2.24) is 15.1 Å². The van der Waals surface area contributed by atoms with Crippen LogP contribution in [0.4, 0.5) is 0 Å². The number of benzene rings is 1. The molecule has 2 heterocycles. The molecule has 0 aliphatic carbocycles. The van der Waals surface area contributed by atoms with Crippen LogP contribution in [0, 0.1) is 0 Å². The molecule has 1 amide bonds. The number of nitrogens with one attached hydrogen (secondary N) is 1. The highest BCUT2D eigenvalue weighted by Gasteiger charge is 2.41. The molecule has 0 saturated carbocycles. The highest BCUT2D eigenvalue weighted by Crippen LogP contribution is 2.45. The largest absolute Gasteiger partial charge is 0.456 e. The van der Waals surface area contributed by atoms with E-state index in [0.717, 1.165) is 23.0 Å². The van der Waals surface area contributed by atoms with Crippen LogP contribution in [0.1, 0.15) is 45.7 Å². The van der Waals surface area contributed by atoms with E-state index in [1.165, 1.54) is 11.8 Å². The summed E-state index contributed by atoms with van der Waals surface area (Å²) in [6.45, 7) is 8.64. The number of likely N-dealkylation sites (N-methyl/N-ethyl adjacent to an activating group) is 1. The van der Waals surface area contributed by atoms with Gasteiger partial charge in [0.05, 0.1) is 23.7 Å². The van der Waals surface area contributed by atoms with Gasteiger partial charge in [0.2, 0.25) is 5.91 Å². The van der Waals surface area contributed by atoms with Gasteiger partial charge in [0.25, 0.3) is 0 Å². The molecule has 0 radical (unpaired) electrons. The van der Waals surface area contributed by atoms with Crippen molar-refractivity contribution in [3.8, 4) is 0 Å².